The molecule has 0 spiro atoms. The second-order valence-corrected chi connectivity index (χ2v) is 5.53. The molecule has 0 bridgehead atoms. The first-order valence-corrected chi connectivity index (χ1v) is 8.16. The SMILES string of the molecule is CCCCC(=O)Oc1cccc(NO)c1/[N+](O)=C1/C=CC=C(OC=O)C1. The summed E-state index contributed by atoms with van der Waals surface area (Å²) in [6.45, 7) is 2.26. The van der Waals surface area contributed by atoms with E-state index in [1.165, 1.54) is 12.1 Å². The van der Waals surface area contributed by atoms with Crippen molar-refractivity contribution in [3.63, 3.8) is 0 Å². The summed E-state index contributed by atoms with van der Waals surface area (Å²) in [6, 6.07) is 4.59. The summed E-state index contributed by atoms with van der Waals surface area (Å²) in [5.74, 6) is -0.0147. The summed E-state index contributed by atoms with van der Waals surface area (Å²) in [4.78, 5) is 22.5. The van der Waals surface area contributed by atoms with E-state index in [4.69, 9.17) is 9.47 Å². The van der Waals surface area contributed by atoms with Crippen molar-refractivity contribution in [1.82, 2.24) is 0 Å². The molecule has 1 aliphatic carbocycles. The summed E-state index contributed by atoms with van der Waals surface area (Å²) in [5, 5.41) is 20.0. The molecule has 0 fully saturated rings. The minimum atomic E-state index is -0.439. The number of esters is 1. The number of allylic oxidation sites excluding steroid dienone is 4. The molecule has 0 saturated carbocycles. The molecule has 138 valence electrons. The Hall–Kier alpha value is -3.13. The first kappa shape index (κ1) is 19.2. The van der Waals surface area contributed by atoms with Gasteiger partial charge in [-0.25, -0.2) is 0 Å². The highest BCUT2D eigenvalue weighted by Crippen LogP contribution is 2.35. The molecule has 0 aliphatic heterocycles. The number of rotatable bonds is 8. The van der Waals surface area contributed by atoms with Crippen LogP contribution in [0.4, 0.5) is 11.4 Å². The maximum atomic E-state index is 12.0. The standard InChI is InChI=1S/C18H21N2O6/c1-2-3-10-17(22)26-16-9-5-8-15(19-23)18(16)20(24)13-6-4-7-14(11-13)25-12-21/h4-9,12,19,23-24H,2-3,10-11H2,1H3/q+1/b20-13+. The van der Waals surface area contributed by atoms with Gasteiger partial charge in [0, 0.05) is 17.2 Å². The van der Waals surface area contributed by atoms with Gasteiger partial charge in [-0.15, -0.1) is 0 Å². The van der Waals surface area contributed by atoms with Crippen LogP contribution in [0.2, 0.25) is 0 Å². The van der Waals surface area contributed by atoms with Gasteiger partial charge in [-0.3, -0.25) is 25.5 Å². The van der Waals surface area contributed by atoms with E-state index in [0.29, 0.717) is 24.4 Å². The van der Waals surface area contributed by atoms with Gasteiger partial charge in [0.05, 0.1) is 6.42 Å². The number of para-hydroxylation sites is 1. The van der Waals surface area contributed by atoms with Gasteiger partial charge in [-0.1, -0.05) is 25.5 Å². The van der Waals surface area contributed by atoms with Crippen LogP contribution in [0.15, 0.2) is 42.2 Å². The normalized spacial score (nSPS) is 15.1. The third kappa shape index (κ3) is 4.70. The number of anilines is 1. The number of unbranched alkanes of at least 4 members (excludes halogenated alkanes) is 1. The van der Waals surface area contributed by atoms with Crippen LogP contribution in [-0.2, 0) is 14.3 Å². The molecule has 2 rings (SSSR count). The van der Waals surface area contributed by atoms with Crippen LogP contribution in [-0.4, -0.2) is 33.3 Å². The van der Waals surface area contributed by atoms with Crippen LogP contribution < -0.4 is 10.2 Å². The number of nitrogens with zero attached hydrogens (tertiary/aromatic N) is 1. The van der Waals surface area contributed by atoms with Crippen molar-refractivity contribution < 1.29 is 34.2 Å². The number of nitrogens with one attached hydrogen (secondary N) is 1. The van der Waals surface area contributed by atoms with E-state index >= 15 is 0 Å². The first-order valence-electron chi connectivity index (χ1n) is 8.16. The molecule has 8 nitrogen and oxygen atoms in total. The van der Waals surface area contributed by atoms with Gasteiger partial charge in [0.15, 0.2) is 0 Å². The smallest absolute Gasteiger partial charge is 0.325 e. The van der Waals surface area contributed by atoms with E-state index in [1.807, 2.05) is 12.4 Å². The molecule has 0 atom stereocenters. The molecule has 1 aliphatic rings. The van der Waals surface area contributed by atoms with Crippen molar-refractivity contribution >= 4 is 29.5 Å². The zero-order valence-corrected chi connectivity index (χ0v) is 14.3. The molecule has 26 heavy (non-hydrogen) atoms. The zero-order chi connectivity index (χ0) is 18.9. The average molecular weight is 361 g/mol. The number of carbonyl (C=O) groups excluding carboxylic acids is 2. The second kappa shape index (κ2) is 9.38. The molecule has 8 heteroatoms. The molecule has 1 aromatic carbocycles. The average Bonchev–Trinajstić information content (AvgIpc) is 2.66. The van der Waals surface area contributed by atoms with Gasteiger partial charge in [-0.2, -0.15) is 0 Å². The van der Waals surface area contributed by atoms with Crippen molar-refractivity contribution in [2.45, 2.75) is 32.6 Å². The van der Waals surface area contributed by atoms with Crippen molar-refractivity contribution in [2.24, 2.45) is 0 Å². The van der Waals surface area contributed by atoms with E-state index in [2.05, 4.69) is 0 Å². The predicted octanol–water partition coefficient (Wildman–Crippen LogP) is 3.07. The molecule has 0 heterocycles. The lowest BCUT2D eigenvalue weighted by Gasteiger charge is -2.11. The topological polar surface area (TPSA) is 108 Å². The third-order valence-electron chi connectivity index (χ3n) is 3.69. The van der Waals surface area contributed by atoms with Gasteiger partial charge in [0.2, 0.25) is 11.5 Å². The predicted molar refractivity (Wildman–Crippen MR) is 92.7 cm³/mol. The Morgan fingerprint density at radius 2 is 2.23 bits per heavy atom. The lowest BCUT2D eigenvalue weighted by Crippen LogP contribution is -2.18. The molecular weight excluding hydrogens is 340 g/mol. The monoisotopic (exact) mass is 361 g/mol. The number of hydrogen-bond donors (Lipinski definition) is 3. The fourth-order valence-corrected chi connectivity index (χ4v) is 2.40. The Morgan fingerprint density at radius 1 is 1.42 bits per heavy atom. The van der Waals surface area contributed by atoms with Gasteiger partial charge in [-0.05, 0) is 24.6 Å². The van der Waals surface area contributed by atoms with Gasteiger partial charge in [0.25, 0.3) is 6.47 Å². The van der Waals surface area contributed by atoms with Gasteiger partial charge < -0.3 is 9.47 Å². The van der Waals surface area contributed by atoms with Crippen molar-refractivity contribution in [2.75, 3.05) is 5.48 Å². The van der Waals surface area contributed by atoms with Crippen LogP contribution in [0.1, 0.15) is 32.6 Å². The molecular formula is C18H21N2O6+. The van der Waals surface area contributed by atoms with Crippen LogP contribution in [0, 0.1) is 0 Å². The van der Waals surface area contributed by atoms with Crippen molar-refractivity contribution in [3.8, 4) is 5.75 Å². The molecule has 0 saturated heterocycles. The number of ether oxygens (including phenoxy) is 2. The Bertz CT molecular complexity index is 767. The molecule has 0 radical (unpaired) electrons. The Morgan fingerprint density at radius 3 is 2.92 bits per heavy atom. The largest absolute Gasteiger partial charge is 0.433 e. The number of hydrogen-bond acceptors (Lipinski definition) is 7. The van der Waals surface area contributed by atoms with Crippen molar-refractivity contribution in [1.29, 1.82) is 0 Å². The quantitative estimate of drug-likeness (QED) is 0.163. The van der Waals surface area contributed by atoms with Crippen LogP contribution in [0.5, 0.6) is 5.75 Å². The van der Waals surface area contributed by atoms with E-state index in [-0.39, 0.29) is 30.0 Å². The highest BCUT2D eigenvalue weighted by Gasteiger charge is 2.28. The Kier molecular flexibility index (Phi) is 6.92. The summed E-state index contributed by atoms with van der Waals surface area (Å²) in [7, 11) is 0. The Balaban J connectivity index is 2.39. The number of benzene rings is 1. The summed E-state index contributed by atoms with van der Waals surface area (Å²) in [6.07, 6.45) is 6.71. The molecule has 0 unspecified atom stereocenters. The molecule has 3 N–H and O–H groups in total. The fourth-order valence-electron chi connectivity index (χ4n) is 2.40. The van der Waals surface area contributed by atoms with Crippen LogP contribution >= 0.6 is 0 Å². The van der Waals surface area contributed by atoms with E-state index < -0.39 is 5.97 Å². The Labute approximate surface area is 150 Å². The van der Waals surface area contributed by atoms with Crippen molar-refractivity contribution in [3.05, 3.63) is 42.2 Å². The summed E-state index contributed by atoms with van der Waals surface area (Å²) < 4.78 is 10.9. The molecule has 1 aromatic rings. The summed E-state index contributed by atoms with van der Waals surface area (Å²) >= 11 is 0. The highest BCUT2D eigenvalue weighted by atomic mass is 16.5. The zero-order valence-electron chi connectivity index (χ0n) is 14.3. The van der Waals surface area contributed by atoms with E-state index in [9.17, 15) is 20.0 Å². The van der Waals surface area contributed by atoms with E-state index in [0.717, 1.165) is 11.2 Å². The van der Waals surface area contributed by atoms with Gasteiger partial charge >= 0.3 is 11.7 Å². The lowest BCUT2D eigenvalue weighted by atomic mass is 10.1. The third-order valence-corrected chi connectivity index (χ3v) is 3.69. The van der Waals surface area contributed by atoms with E-state index in [1.54, 1.807) is 24.3 Å². The maximum absolute atomic E-state index is 12.0. The minimum absolute atomic E-state index is 0.0619. The highest BCUT2D eigenvalue weighted by molar-refractivity contribution is 5.95. The maximum Gasteiger partial charge on any atom is 0.325 e. The van der Waals surface area contributed by atoms with Gasteiger partial charge in [0.1, 0.15) is 11.4 Å². The fraction of sp³-hybridized carbons (Fsp3) is 0.278. The molecule has 0 amide bonds. The second-order valence-electron chi connectivity index (χ2n) is 5.53. The number of carbonyl (C=O) groups is 2. The lowest BCUT2D eigenvalue weighted by molar-refractivity contribution is -0.712. The summed E-state index contributed by atoms with van der Waals surface area (Å²) in [5.41, 5.74) is 2.54. The van der Waals surface area contributed by atoms with Crippen LogP contribution in [0.25, 0.3) is 0 Å². The van der Waals surface area contributed by atoms with Crippen LogP contribution in [0.3, 0.4) is 0 Å². The minimum Gasteiger partial charge on any atom is -0.433 e. The molecule has 0 aromatic heterocycles. The first-order chi connectivity index (χ1) is 12.6.